The number of rotatable bonds is 6. The number of imide groups is 1. The first-order chi connectivity index (χ1) is 14.6. The first kappa shape index (κ1) is 19.8. The Morgan fingerprint density at radius 1 is 1.13 bits per heavy atom. The number of furan rings is 1. The summed E-state index contributed by atoms with van der Waals surface area (Å²) in [7, 11) is 0. The zero-order chi connectivity index (χ0) is 20.9. The van der Waals surface area contributed by atoms with E-state index in [-0.39, 0.29) is 6.42 Å². The van der Waals surface area contributed by atoms with Gasteiger partial charge >= 0.3 is 6.03 Å². The molecule has 10 nitrogen and oxygen atoms in total. The fraction of sp³-hybridized carbons (Fsp3) is 0.263. The molecule has 156 valence electrons. The number of anilines is 1. The van der Waals surface area contributed by atoms with E-state index in [4.69, 9.17) is 18.3 Å². The quantitative estimate of drug-likeness (QED) is 0.566. The van der Waals surface area contributed by atoms with Crippen molar-refractivity contribution in [3.8, 4) is 23.0 Å². The monoisotopic (exact) mass is 430 g/mol. The summed E-state index contributed by atoms with van der Waals surface area (Å²) < 4.78 is 21.6. The van der Waals surface area contributed by atoms with Crippen LogP contribution in [-0.2, 0) is 4.79 Å². The summed E-state index contributed by atoms with van der Waals surface area (Å²) in [5.74, 6) is 2.14. The molecule has 0 unspecified atom stereocenters. The Bertz CT molecular complexity index is 1060. The van der Waals surface area contributed by atoms with E-state index in [9.17, 15) is 9.59 Å². The molecule has 0 bridgehead atoms. The maximum absolute atomic E-state index is 12.0. The Hall–Kier alpha value is -3.47. The number of fused-ring (bicyclic) bond motifs is 1. The molecule has 30 heavy (non-hydrogen) atoms. The SMILES string of the molecule is Cc1occc1-c1nnc(SCCC(=O)NC(=O)Nc2ccc3c(c2)OCCO3)o1. The van der Waals surface area contributed by atoms with Crippen molar-refractivity contribution in [3.63, 3.8) is 0 Å². The third kappa shape index (κ3) is 4.74. The molecule has 4 rings (SSSR count). The molecule has 0 radical (unpaired) electrons. The number of aryl methyl sites for hydroxylation is 1. The predicted molar refractivity (Wildman–Crippen MR) is 107 cm³/mol. The molecular weight excluding hydrogens is 412 g/mol. The van der Waals surface area contributed by atoms with Crippen LogP contribution >= 0.6 is 11.8 Å². The second-order valence-electron chi connectivity index (χ2n) is 6.22. The molecule has 3 aromatic rings. The van der Waals surface area contributed by atoms with Crippen molar-refractivity contribution in [2.45, 2.75) is 18.6 Å². The number of hydrogen-bond acceptors (Lipinski definition) is 9. The first-order valence-electron chi connectivity index (χ1n) is 9.10. The zero-order valence-electron chi connectivity index (χ0n) is 16.0. The van der Waals surface area contributed by atoms with Crippen LogP contribution in [0.3, 0.4) is 0 Å². The molecule has 0 fully saturated rings. The Balaban J connectivity index is 1.22. The zero-order valence-corrected chi connectivity index (χ0v) is 16.8. The van der Waals surface area contributed by atoms with E-state index in [0.29, 0.717) is 53.0 Å². The van der Waals surface area contributed by atoms with Crippen LogP contribution in [0.1, 0.15) is 12.2 Å². The summed E-state index contributed by atoms with van der Waals surface area (Å²) in [6.07, 6.45) is 1.64. The van der Waals surface area contributed by atoms with Gasteiger partial charge < -0.3 is 23.6 Å². The first-order valence-corrected chi connectivity index (χ1v) is 10.1. The molecule has 11 heteroatoms. The topological polar surface area (TPSA) is 129 Å². The highest BCUT2D eigenvalue weighted by molar-refractivity contribution is 7.99. The number of hydrogen-bond donors (Lipinski definition) is 2. The summed E-state index contributed by atoms with van der Waals surface area (Å²) in [5.41, 5.74) is 1.22. The van der Waals surface area contributed by atoms with Gasteiger partial charge in [-0.25, -0.2) is 4.79 Å². The molecule has 0 saturated carbocycles. The van der Waals surface area contributed by atoms with Gasteiger partial charge in [-0.2, -0.15) is 0 Å². The average molecular weight is 430 g/mol. The number of carbonyl (C=O) groups excluding carboxylic acids is 2. The number of urea groups is 1. The average Bonchev–Trinajstić information content (AvgIpc) is 3.36. The van der Waals surface area contributed by atoms with Crippen LogP contribution in [-0.4, -0.2) is 41.1 Å². The van der Waals surface area contributed by atoms with Gasteiger partial charge in [-0.05, 0) is 25.1 Å². The van der Waals surface area contributed by atoms with Crippen molar-refractivity contribution in [1.29, 1.82) is 0 Å². The predicted octanol–water partition coefficient (Wildman–Crippen LogP) is 3.24. The van der Waals surface area contributed by atoms with Crippen LogP contribution < -0.4 is 20.1 Å². The van der Waals surface area contributed by atoms with Gasteiger partial charge in [0.15, 0.2) is 11.5 Å². The van der Waals surface area contributed by atoms with Crippen LogP contribution in [0.5, 0.6) is 11.5 Å². The maximum Gasteiger partial charge on any atom is 0.325 e. The lowest BCUT2D eigenvalue weighted by atomic mass is 10.2. The highest BCUT2D eigenvalue weighted by Gasteiger charge is 2.15. The second kappa shape index (κ2) is 8.91. The van der Waals surface area contributed by atoms with Gasteiger partial charge in [-0.3, -0.25) is 10.1 Å². The van der Waals surface area contributed by atoms with Gasteiger partial charge in [0.05, 0.1) is 11.8 Å². The van der Waals surface area contributed by atoms with Gasteiger partial charge in [0.1, 0.15) is 19.0 Å². The minimum Gasteiger partial charge on any atom is -0.486 e. The van der Waals surface area contributed by atoms with Gasteiger partial charge in [-0.15, -0.1) is 10.2 Å². The highest BCUT2D eigenvalue weighted by Crippen LogP contribution is 2.32. The van der Waals surface area contributed by atoms with E-state index >= 15 is 0 Å². The van der Waals surface area contributed by atoms with Crippen molar-refractivity contribution in [1.82, 2.24) is 15.5 Å². The number of benzene rings is 1. The Labute approximate surface area is 175 Å². The Kier molecular flexibility index (Phi) is 5.89. The van der Waals surface area contributed by atoms with Crippen LogP contribution in [0, 0.1) is 6.92 Å². The molecule has 1 aliphatic heterocycles. The number of carbonyl (C=O) groups is 2. The number of nitrogens with one attached hydrogen (secondary N) is 2. The number of aromatic nitrogens is 2. The molecule has 0 saturated heterocycles. The largest absolute Gasteiger partial charge is 0.486 e. The third-order valence-electron chi connectivity index (χ3n) is 4.10. The second-order valence-corrected chi connectivity index (χ2v) is 7.27. The molecule has 0 spiro atoms. The number of thioether (sulfide) groups is 1. The molecule has 3 amide bonds. The van der Waals surface area contributed by atoms with E-state index in [1.807, 2.05) is 0 Å². The Morgan fingerprint density at radius 2 is 1.97 bits per heavy atom. The number of amides is 3. The molecule has 0 aliphatic carbocycles. The highest BCUT2D eigenvalue weighted by atomic mass is 32.2. The fourth-order valence-corrected chi connectivity index (χ4v) is 3.39. The third-order valence-corrected chi connectivity index (χ3v) is 4.92. The lowest BCUT2D eigenvalue weighted by Crippen LogP contribution is -2.34. The number of ether oxygens (including phenoxy) is 2. The van der Waals surface area contributed by atoms with E-state index in [1.54, 1.807) is 37.5 Å². The van der Waals surface area contributed by atoms with Gasteiger partial charge in [0.25, 0.3) is 11.1 Å². The van der Waals surface area contributed by atoms with Crippen LogP contribution in [0.4, 0.5) is 10.5 Å². The van der Waals surface area contributed by atoms with Crippen molar-refractivity contribution < 1.29 is 27.9 Å². The van der Waals surface area contributed by atoms with Crippen molar-refractivity contribution in [2.75, 3.05) is 24.3 Å². The lowest BCUT2D eigenvalue weighted by Gasteiger charge is -2.19. The summed E-state index contributed by atoms with van der Waals surface area (Å²) in [6, 6.07) is 6.13. The number of nitrogens with zero attached hydrogens (tertiary/aromatic N) is 2. The summed E-state index contributed by atoms with van der Waals surface area (Å²) >= 11 is 1.23. The summed E-state index contributed by atoms with van der Waals surface area (Å²) in [5, 5.41) is 13.1. The van der Waals surface area contributed by atoms with E-state index in [1.165, 1.54) is 11.8 Å². The molecule has 0 atom stereocenters. The fourth-order valence-electron chi connectivity index (χ4n) is 2.69. The normalized spacial score (nSPS) is 12.4. The molecular formula is C19H18N4O6S. The van der Waals surface area contributed by atoms with E-state index in [0.717, 1.165) is 5.56 Å². The van der Waals surface area contributed by atoms with Gasteiger partial charge in [0, 0.05) is 23.9 Å². The summed E-state index contributed by atoms with van der Waals surface area (Å²) in [4.78, 5) is 24.0. The van der Waals surface area contributed by atoms with Crippen LogP contribution in [0.25, 0.3) is 11.5 Å². The standard InChI is InChI=1S/C19H18N4O6S/c1-11-13(4-6-26-11)17-22-23-19(29-17)30-9-5-16(24)21-18(25)20-12-2-3-14-15(10-12)28-8-7-27-14/h2-4,6,10H,5,7-9H2,1H3,(H2,20,21,24,25). The van der Waals surface area contributed by atoms with Crippen molar-refractivity contribution in [2.24, 2.45) is 0 Å². The van der Waals surface area contributed by atoms with E-state index < -0.39 is 11.9 Å². The van der Waals surface area contributed by atoms with Crippen LogP contribution in [0.15, 0.2) is 44.6 Å². The van der Waals surface area contributed by atoms with Gasteiger partial charge in [-0.1, -0.05) is 11.8 Å². The van der Waals surface area contributed by atoms with Crippen molar-refractivity contribution in [3.05, 3.63) is 36.3 Å². The summed E-state index contributed by atoms with van der Waals surface area (Å²) in [6.45, 7) is 2.73. The Morgan fingerprint density at radius 3 is 2.77 bits per heavy atom. The molecule has 3 heterocycles. The minimum absolute atomic E-state index is 0.0989. The minimum atomic E-state index is -0.628. The maximum atomic E-state index is 12.0. The van der Waals surface area contributed by atoms with Gasteiger partial charge in [0.2, 0.25) is 5.91 Å². The molecule has 2 aromatic heterocycles. The van der Waals surface area contributed by atoms with E-state index in [2.05, 4.69) is 20.8 Å². The molecule has 2 N–H and O–H groups in total. The van der Waals surface area contributed by atoms with Crippen LogP contribution in [0.2, 0.25) is 0 Å². The molecule has 1 aromatic carbocycles. The lowest BCUT2D eigenvalue weighted by molar-refractivity contribution is -0.119. The molecule has 1 aliphatic rings. The smallest absolute Gasteiger partial charge is 0.325 e. The van der Waals surface area contributed by atoms with Crippen molar-refractivity contribution >= 4 is 29.4 Å².